The van der Waals surface area contributed by atoms with Gasteiger partial charge in [0.05, 0.1) is 5.41 Å². The zero-order valence-electron chi connectivity index (χ0n) is 13.0. The molecule has 1 spiro atoms. The highest BCUT2D eigenvalue weighted by atomic mass is 32.1. The summed E-state index contributed by atoms with van der Waals surface area (Å²) in [5, 5.41) is 10.4. The van der Waals surface area contributed by atoms with Crippen molar-refractivity contribution < 1.29 is 14.4 Å². The molecule has 2 unspecified atom stereocenters. The summed E-state index contributed by atoms with van der Waals surface area (Å²) in [5.74, 6) is -1.18. The Morgan fingerprint density at radius 2 is 2.16 bits per heavy atom. The molecule has 128 valence electrons. The number of nitrogens with zero attached hydrogens (tertiary/aromatic N) is 1. The molecule has 1 saturated heterocycles. The van der Waals surface area contributed by atoms with Crippen LogP contribution in [-0.4, -0.2) is 35.3 Å². The molecule has 2 atom stereocenters. The summed E-state index contributed by atoms with van der Waals surface area (Å²) in [6.07, 6.45) is 0.357. The van der Waals surface area contributed by atoms with Crippen molar-refractivity contribution in [3.05, 3.63) is 40.9 Å². The van der Waals surface area contributed by atoms with Crippen LogP contribution in [0.1, 0.15) is 22.5 Å². The zero-order valence-corrected chi connectivity index (χ0v) is 13.9. The summed E-state index contributed by atoms with van der Waals surface area (Å²) in [4.78, 5) is 40.1. The molecule has 0 radical (unpaired) electrons. The smallest absolute Gasteiger partial charge is 0.268 e. The van der Waals surface area contributed by atoms with Gasteiger partial charge in [-0.2, -0.15) is 0 Å². The minimum atomic E-state index is -0.736. The van der Waals surface area contributed by atoms with Gasteiger partial charge in [0.25, 0.3) is 5.91 Å². The molecule has 9 heteroatoms. The van der Waals surface area contributed by atoms with Crippen LogP contribution in [0.2, 0.25) is 0 Å². The van der Waals surface area contributed by atoms with Crippen LogP contribution >= 0.6 is 11.3 Å². The first-order valence-corrected chi connectivity index (χ1v) is 8.58. The van der Waals surface area contributed by atoms with Crippen molar-refractivity contribution in [1.82, 2.24) is 10.3 Å². The Hall–Kier alpha value is -2.94. The highest BCUT2D eigenvalue weighted by Crippen LogP contribution is 2.43. The number of carbonyl (C=O) groups excluding carboxylic acids is 3. The third-order valence-corrected chi connectivity index (χ3v) is 5.38. The Kier molecular flexibility index (Phi) is 3.46. The number of aromatic nitrogens is 1. The number of hydrogen-bond acceptors (Lipinski definition) is 6. The maximum atomic E-state index is 12.6. The van der Waals surface area contributed by atoms with Gasteiger partial charge < -0.3 is 21.7 Å². The molecule has 3 heterocycles. The van der Waals surface area contributed by atoms with Gasteiger partial charge in [-0.15, -0.1) is 11.3 Å². The van der Waals surface area contributed by atoms with Gasteiger partial charge in [-0.05, 0) is 18.1 Å². The van der Waals surface area contributed by atoms with Crippen LogP contribution in [0.15, 0.2) is 29.6 Å². The van der Waals surface area contributed by atoms with Crippen LogP contribution in [0.25, 0.3) is 0 Å². The second kappa shape index (κ2) is 5.55. The van der Waals surface area contributed by atoms with E-state index in [4.69, 9.17) is 5.73 Å². The predicted molar refractivity (Wildman–Crippen MR) is 92.4 cm³/mol. The average Bonchev–Trinajstić information content (AvgIpc) is 3.28. The number of carbonyl (C=O) groups is 3. The standard InChI is InChI=1S/C16H15N5O3S/c17-12(22)11-6-25-15(20-11)21-13(23)10-5-16(14(24)19-10)7-18-9-4-2-1-3-8(9)16/h1-4,6,10,18H,5,7H2,(H2,17,22)(H,19,24)(H,20,21,23). The lowest BCUT2D eigenvalue weighted by molar-refractivity contribution is -0.125. The lowest BCUT2D eigenvalue weighted by Gasteiger charge is -2.19. The van der Waals surface area contributed by atoms with Crippen molar-refractivity contribution in [3.8, 4) is 0 Å². The van der Waals surface area contributed by atoms with Gasteiger partial charge in [-0.1, -0.05) is 18.2 Å². The fourth-order valence-corrected chi connectivity index (χ4v) is 4.07. The summed E-state index contributed by atoms with van der Waals surface area (Å²) in [7, 11) is 0. The molecule has 0 bridgehead atoms. The Morgan fingerprint density at radius 1 is 1.36 bits per heavy atom. The Bertz CT molecular complexity index is 895. The maximum Gasteiger partial charge on any atom is 0.268 e. The van der Waals surface area contributed by atoms with Crippen molar-refractivity contribution in [3.63, 3.8) is 0 Å². The molecule has 3 amide bonds. The van der Waals surface area contributed by atoms with Crippen molar-refractivity contribution in [2.24, 2.45) is 5.73 Å². The number of para-hydroxylation sites is 1. The molecule has 0 saturated carbocycles. The van der Waals surface area contributed by atoms with Gasteiger partial charge in [0.1, 0.15) is 11.7 Å². The molecule has 5 N–H and O–H groups in total. The van der Waals surface area contributed by atoms with Crippen LogP contribution in [0.5, 0.6) is 0 Å². The van der Waals surface area contributed by atoms with E-state index in [1.165, 1.54) is 5.38 Å². The van der Waals surface area contributed by atoms with E-state index in [0.29, 0.717) is 13.0 Å². The third-order valence-electron chi connectivity index (χ3n) is 4.62. The predicted octanol–water partition coefficient (Wildman–Crippen LogP) is 0.432. The molecule has 1 aromatic heterocycles. The molecule has 25 heavy (non-hydrogen) atoms. The van der Waals surface area contributed by atoms with Crippen LogP contribution in [0.3, 0.4) is 0 Å². The number of hydrogen-bond donors (Lipinski definition) is 4. The Labute approximate surface area is 146 Å². The van der Waals surface area contributed by atoms with Crippen molar-refractivity contribution >= 4 is 39.9 Å². The summed E-state index contributed by atoms with van der Waals surface area (Å²) in [6, 6.07) is 6.96. The minimum Gasteiger partial charge on any atom is -0.383 e. The largest absolute Gasteiger partial charge is 0.383 e. The first-order valence-electron chi connectivity index (χ1n) is 7.70. The highest BCUT2D eigenvalue weighted by Gasteiger charge is 2.53. The number of anilines is 2. The van der Waals surface area contributed by atoms with Crippen LogP contribution in [-0.2, 0) is 15.0 Å². The number of nitrogens with one attached hydrogen (secondary N) is 3. The molecule has 0 aliphatic carbocycles. The van der Waals surface area contributed by atoms with Crippen LogP contribution in [0, 0.1) is 0 Å². The van der Waals surface area contributed by atoms with Gasteiger partial charge in [-0.25, -0.2) is 4.98 Å². The second-order valence-electron chi connectivity index (χ2n) is 6.10. The molecule has 2 aliphatic heterocycles. The number of benzene rings is 1. The van der Waals surface area contributed by atoms with E-state index >= 15 is 0 Å². The van der Waals surface area contributed by atoms with E-state index < -0.39 is 17.4 Å². The van der Waals surface area contributed by atoms with E-state index in [0.717, 1.165) is 22.6 Å². The second-order valence-corrected chi connectivity index (χ2v) is 6.96. The monoisotopic (exact) mass is 357 g/mol. The highest BCUT2D eigenvalue weighted by molar-refractivity contribution is 7.14. The first kappa shape index (κ1) is 15.6. The minimum absolute atomic E-state index is 0.0983. The maximum absolute atomic E-state index is 12.6. The fraction of sp³-hybridized carbons (Fsp3) is 0.250. The molecular weight excluding hydrogens is 342 g/mol. The fourth-order valence-electron chi connectivity index (χ4n) is 3.36. The summed E-state index contributed by atoms with van der Waals surface area (Å²) >= 11 is 1.11. The summed E-state index contributed by atoms with van der Waals surface area (Å²) < 4.78 is 0. The Balaban J connectivity index is 1.52. The van der Waals surface area contributed by atoms with Gasteiger partial charge >= 0.3 is 0 Å². The van der Waals surface area contributed by atoms with Gasteiger partial charge in [0.2, 0.25) is 11.8 Å². The van der Waals surface area contributed by atoms with E-state index in [1.54, 1.807) is 0 Å². The van der Waals surface area contributed by atoms with Gasteiger partial charge in [0.15, 0.2) is 5.13 Å². The molecule has 4 rings (SSSR count). The number of primary amides is 1. The van der Waals surface area contributed by atoms with Crippen molar-refractivity contribution in [1.29, 1.82) is 0 Å². The zero-order chi connectivity index (χ0) is 17.6. The molecule has 2 aromatic rings. The molecular formula is C16H15N5O3S. The number of thiazole rings is 1. The normalized spacial score (nSPS) is 23.8. The third kappa shape index (κ3) is 2.43. The summed E-state index contributed by atoms with van der Waals surface area (Å²) in [5.41, 5.74) is 6.34. The van der Waals surface area contributed by atoms with Crippen molar-refractivity contribution in [2.45, 2.75) is 17.9 Å². The molecule has 2 aliphatic rings. The van der Waals surface area contributed by atoms with Crippen molar-refractivity contribution in [2.75, 3.05) is 17.2 Å². The first-order chi connectivity index (χ1) is 12.0. The van der Waals surface area contributed by atoms with Crippen LogP contribution < -0.4 is 21.7 Å². The quantitative estimate of drug-likeness (QED) is 0.634. The van der Waals surface area contributed by atoms with E-state index in [9.17, 15) is 14.4 Å². The van der Waals surface area contributed by atoms with E-state index in [1.807, 2.05) is 24.3 Å². The van der Waals surface area contributed by atoms with E-state index in [2.05, 4.69) is 20.9 Å². The number of rotatable bonds is 3. The molecule has 8 nitrogen and oxygen atoms in total. The van der Waals surface area contributed by atoms with Crippen LogP contribution in [0.4, 0.5) is 10.8 Å². The van der Waals surface area contributed by atoms with Gasteiger partial charge in [0, 0.05) is 17.6 Å². The Morgan fingerprint density at radius 3 is 2.92 bits per heavy atom. The SMILES string of the molecule is NC(=O)c1csc(NC(=O)C2CC3(CNc4ccccc43)C(=O)N2)n1. The summed E-state index contributed by atoms with van der Waals surface area (Å²) in [6.45, 7) is 0.463. The number of amides is 3. The lowest BCUT2D eigenvalue weighted by atomic mass is 9.79. The lowest BCUT2D eigenvalue weighted by Crippen LogP contribution is -2.39. The van der Waals surface area contributed by atoms with Gasteiger partial charge in [-0.3, -0.25) is 14.4 Å². The number of fused-ring (bicyclic) bond motifs is 2. The van der Waals surface area contributed by atoms with E-state index in [-0.39, 0.29) is 22.6 Å². The average molecular weight is 357 g/mol. The number of nitrogens with two attached hydrogens (primary N) is 1. The molecule has 1 fully saturated rings. The topological polar surface area (TPSA) is 126 Å². The molecule has 1 aromatic carbocycles.